The number of primary amides is 1. The quantitative estimate of drug-likeness (QED) is 0.520. The molecule has 0 saturated heterocycles. The van der Waals surface area contributed by atoms with Crippen molar-refractivity contribution in [3.05, 3.63) is 50.5 Å². The summed E-state index contributed by atoms with van der Waals surface area (Å²) in [7, 11) is -3.50. The maximum atomic E-state index is 12.8. The number of amides is 1. The average Bonchev–Trinajstić information content (AvgIpc) is 3.10. The minimum absolute atomic E-state index is 0.0258. The van der Waals surface area contributed by atoms with Gasteiger partial charge in [-0.15, -0.1) is 0 Å². The molecule has 2 aliphatic rings. The van der Waals surface area contributed by atoms with Crippen LogP contribution in [-0.4, -0.2) is 21.1 Å². The van der Waals surface area contributed by atoms with Crippen molar-refractivity contribution >= 4 is 53.5 Å². The summed E-state index contributed by atoms with van der Waals surface area (Å²) < 4.78 is 1.25. The predicted octanol–water partition coefficient (Wildman–Crippen LogP) is 5.78. The topological polar surface area (TPSA) is 43.1 Å². The highest BCUT2D eigenvalue weighted by Crippen LogP contribution is 2.43. The number of halogens is 1. The number of fused-ring (bicyclic) bond motifs is 3. The summed E-state index contributed by atoms with van der Waals surface area (Å²) in [5.74, 6) is -0.307. The van der Waals surface area contributed by atoms with E-state index in [0.29, 0.717) is 5.56 Å². The number of nitrogens with two attached hydrogens (primary N) is 1. The van der Waals surface area contributed by atoms with E-state index in [1.54, 1.807) is 0 Å². The fourth-order valence-electron chi connectivity index (χ4n) is 5.23. The van der Waals surface area contributed by atoms with Gasteiger partial charge in [-0.2, -0.15) is 0 Å². The first-order valence-electron chi connectivity index (χ1n) is 11.3. The van der Waals surface area contributed by atoms with Crippen molar-refractivity contribution in [2.24, 2.45) is 5.73 Å². The van der Waals surface area contributed by atoms with Crippen molar-refractivity contribution in [2.75, 3.05) is 0 Å². The van der Waals surface area contributed by atoms with Crippen molar-refractivity contribution in [2.45, 2.75) is 72.1 Å². The lowest BCUT2D eigenvalue weighted by molar-refractivity contribution is 0.100. The molecule has 0 fully saturated rings. The molecule has 0 saturated carbocycles. The highest BCUT2D eigenvalue weighted by Gasteiger charge is 2.53. The molecule has 4 rings (SSSR count). The molecular formula is C26H34BrNOSi2. The van der Waals surface area contributed by atoms with Crippen LogP contribution < -0.4 is 16.1 Å². The van der Waals surface area contributed by atoms with Gasteiger partial charge >= 0.3 is 0 Å². The fourth-order valence-corrected chi connectivity index (χ4v) is 19.0. The summed E-state index contributed by atoms with van der Waals surface area (Å²) in [4.78, 5) is 12.8. The Balaban J connectivity index is 2.14. The largest absolute Gasteiger partial charge is 0.366 e. The number of hydrogen-bond acceptors (Lipinski definition) is 1. The molecular weight excluding hydrogens is 478 g/mol. The van der Waals surface area contributed by atoms with Crippen LogP contribution in [0.25, 0.3) is 17.2 Å². The van der Waals surface area contributed by atoms with Gasteiger partial charge in [-0.1, -0.05) is 93.6 Å². The first-order chi connectivity index (χ1) is 14.2. The first-order valence-corrected chi connectivity index (χ1v) is 19.1. The highest BCUT2D eigenvalue weighted by molar-refractivity contribution is 9.11. The van der Waals surface area contributed by atoms with Crippen molar-refractivity contribution in [3.63, 3.8) is 0 Å². The van der Waals surface area contributed by atoms with E-state index in [1.807, 2.05) is 0 Å². The molecule has 2 aromatic carbocycles. The second-order valence-corrected chi connectivity index (χ2v) is 27.2. The van der Waals surface area contributed by atoms with Crippen LogP contribution in [0, 0.1) is 0 Å². The number of carbonyl (C=O) groups is 1. The number of benzene rings is 2. The third-order valence-electron chi connectivity index (χ3n) is 8.03. The molecule has 5 heteroatoms. The van der Waals surface area contributed by atoms with Gasteiger partial charge in [-0.25, -0.2) is 0 Å². The summed E-state index contributed by atoms with van der Waals surface area (Å²) in [6, 6.07) is 6.85. The zero-order valence-electron chi connectivity index (χ0n) is 20.1. The molecule has 0 atom stereocenters. The van der Waals surface area contributed by atoms with E-state index in [0.717, 1.165) is 18.4 Å². The predicted molar refractivity (Wildman–Crippen MR) is 143 cm³/mol. The van der Waals surface area contributed by atoms with Gasteiger partial charge in [-0.3, -0.25) is 4.79 Å². The Morgan fingerprint density at radius 2 is 1.74 bits per heavy atom. The SMILES string of the molecule is CCC1=Cc2cc(C(C)(C)C)cc(-c3c(C(N)=O)cc4c(Br)c3[Si](C)(C)[Si]4(C)C)c2C1. The Bertz CT molecular complexity index is 1170. The van der Waals surface area contributed by atoms with Crippen LogP contribution in [0.5, 0.6) is 0 Å². The Morgan fingerprint density at radius 3 is 2.29 bits per heavy atom. The van der Waals surface area contributed by atoms with Crippen molar-refractivity contribution in [1.82, 2.24) is 0 Å². The Morgan fingerprint density at radius 1 is 1.10 bits per heavy atom. The van der Waals surface area contributed by atoms with Crippen molar-refractivity contribution < 1.29 is 4.79 Å². The molecule has 1 heterocycles. The number of carbonyl (C=O) groups excluding carboxylic acids is 1. The van der Waals surface area contributed by atoms with Gasteiger partial charge in [0.15, 0.2) is 0 Å². The lowest BCUT2D eigenvalue weighted by Gasteiger charge is -2.33. The van der Waals surface area contributed by atoms with Crippen molar-refractivity contribution in [1.29, 1.82) is 0 Å². The van der Waals surface area contributed by atoms with Gasteiger partial charge < -0.3 is 5.73 Å². The molecule has 2 nitrogen and oxygen atoms in total. The van der Waals surface area contributed by atoms with Gasteiger partial charge in [-0.05, 0) is 62.5 Å². The zero-order chi connectivity index (χ0) is 23.1. The minimum Gasteiger partial charge on any atom is -0.366 e. The third-order valence-corrected chi connectivity index (χ3v) is 27.1. The van der Waals surface area contributed by atoms with Crippen LogP contribution in [0.2, 0.25) is 26.2 Å². The van der Waals surface area contributed by atoms with E-state index < -0.39 is 15.2 Å². The molecule has 1 aliphatic heterocycles. The van der Waals surface area contributed by atoms with Crippen LogP contribution in [0.1, 0.15) is 61.2 Å². The molecule has 2 aromatic rings. The van der Waals surface area contributed by atoms with Crippen LogP contribution in [-0.2, 0) is 11.8 Å². The first kappa shape index (κ1) is 22.7. The molecule has 31 heavy (non-hydrogen) atoms. The monoisotopic (exact) mass is 511 g/mol. The summed E-state index contributed by atoms with van der Waals surface area (Å²) >= 11 is 3.99. The zero-order valence-corrected chi connectivity index (χ0v) is 23.7. The maximum absolute atomic E-state index is 12.8. The summed E-state index contributed by atoms with van der Waals surface area (Å²) in [5, 5.41) is 2.78. The Hall–Kier alpha value is -1.44. The number of allylic oxidation sites excluding steroid dienone is 1. The molecule has 0 radical (unpaired) electrons. The van der Waals surface area contributed by atoms with Crippen LogP contribution in [0.3, 0.4) is 0 Å². The molecule has 2 bridgehead atoms. The molecule has 1 aliphatic carbocycles. The minimum atomic E-state index is -1.79. The molecule has 164 valence electrons. The molecule has 0 aromatic heterocycles. The summed E-state index contributed by atoms with van der Waals surface area (Å²) in [6.45, 7) is 18.9. The normalized spacial score (nSPS) is 18.2. The standard InChI is InChI=1S/C26H34BrNOSi2/c1-9-15-10-16-12-17(26(2,3)4)13-19(18(16)11-15)22-20(25(28)29)14-21-23(27)24(22)31(7,8)30(21,5)6/h10,12-14H,9,11H2,1-8H3,(H2,28,29). The van der Waals surface area contributed by atoms with Gasteiger partial charge in [0.1, 0.15) is 0 Å². The highest BCUT2D eigenvalue weighted by atomic mass is 79.9. The number of rotatable bonds is 3. The van der Waals surface area contributed by atoms with E-state index in [-0.39, 0.29) is 11.3 Å². The van der Waals surface area contributed by atoms with E-state index in [1.165, 1.54) is 42.7 Å². The second kappa shape index (κ2) is 7.03. The van der Waals surface area contributed by atoms with Crippen LogP contribution in [0.15, 0.2) is 28.2 Å². The van der Waals surface area contributed by atoms with E-state index in [9.17, 15) is 4.79 Å². The molecule has 0 spiro atoms. The second-order valence-electron chi connectivity index (χ2n) is 11.3. The van der Waals surface area contributed by atoms with E-state index in [2.05, 4.69) is 94.1 Å². The Kier molecular flexibility index (Phi) is 5.16. The fraction of sp³-hybridized carbons (Fsp3) is 0.423. The lowest BCUT2D eigenvalue weighted by Crippen LogP contribution is -2.63. The van der Waals surface area contributed by atoms with Crippen LogP contribution >= 0.6 is 15.9 Å². The van der Waals surface area contributed by atoms with Gasteiger partial charge in [0, 0.05) is 10.0 Å². The van der Waals surface area contributed by atoms with Gasteiger partial charge in [0.2, 0.25) is 5.91 Å². The van der Waals surface area contributed by atoms with Crippen molar-refractivity contribution in [3.8, 4) is 11.1 Å². The summed E-state index contributed by atoms with van der Waals surface area (Å²) in [6.07, 6.45) is 4.38. The van der Waals surface area contributed by atoms with Crippen LogP contribution in [0.4, 0.5) is 0 Å². The number of hydrogen-bond donors (Lipinski definition) is 1. The molecule has 0 unspecified atom stereocenters. The smallest absolute Gasteiger partial charge is 0.249 e. The average molecular weight is 513 g/mol. The summed E-state index contributed by atoms with van der Waals surface area (Å²) in [5.41, 5.74) is 14.6. The Labute approximate surface area is 197 Å². The third kappa shape index (κ3) is 3.18. The van der Waals surface area contributed by atoms with E-state index >= 15 is 0 Å². The maximum Gasteiger partial charge on any atom is 0.249 e. The molecule has 1 amide bonds. The van der Waals surface area contributed by atoms with Gasteiger partial charge in [0.05, 0.1) is 15.2 Å². The lowest BCUT2D eigenvalue weighted by atomic mass is 9.82. The van der Waals surface area contributed by atoms with Gasteiger partial charge in [0.25, 0.3) is 0 Å². The molecule has 2 N–H and O–H groups in total. The van der Waals surface area contributed by atoms with E-state index in [4.69, 9.17) is 5.73 Å².